The number of β-amino-alcohol motifs (C(OH)–C–C–N with tert-alkyl or cyclic N) is 1. The van der Waals surface area contributed by atoms with E-state index in [4.69, 9.17) is 17.2 Å². The minimum atomic E-state index is -2.51. The molecule has 0 aromatic heterocycles. The molecule has 14 amide bonds. The number of nitrogens with one attached hydrogen (secondary N) is 9. The van der Waals surface area contributed by atoms with Gasteiger partial charge in [0.05, 0.1) is 61.0 Å². The van der Waals surface area contributed by atoms with Crippen molar-refractivity contribution in [1.82, 2.24) is 67.5 Å². The zero-order chi connectivity index (χ0) is 109. The number of phenols is 2. The van der Waals surface area contributed by atoms with E-state index in [1.807, 2.05) is 0 Å². The van der Waals surface area contributed by atoms with Crippen molar-refractivity contribution in [2.24, 2.45) is 45.9 Å². The molecule has 5 aliphatic heterocycles. The summed E-state index contributed by atoms with van der Waals surface area (Å²) >= 11 is 0. The third kappa shape index (κ3) is 37.1. The summed E-state index contributed by atoms with van der Waals surface area (Å²) in [4.78, 5) is 211. The minimum absolute atomic E-state index is 0.130. The van der Waals surface area contributed by atoms with Gasteiger partial charge in [0, 0.05) is 77.5 Å². The van der Waals surface area contributed by atoms with Crippen LogP contribution < -0.4 is 65.1 Å². The van der Waals surface area contributed by atoms with Crippen molar-refractivity contribution in [3.63, 3.8) is 0 Å². The molecule has 5 heterocycles. The minimum Gasteiger partial charge on any atom is -0.508 e. The number of carbonyl (C=O) groups excluding carboxylic acids is 14. The second kappa shape index (κ2) is 60.5. The molecule has 5 saturated heterocycles. The number of rotatable bonds is 53. The number of aliphatic hydroxyl groups excluding tert-OH is 14. The van der Waals surface area contributed by atoms with E-state index < -0.39 is 318 Å². The Morgan fingerprint density at radius 3 is 1.58 bits per heavy atom. The van der Waals surface area contributed by atoms with Crippen LogP contribution in [0, 0.1) is 23.7 Å². The highest BCUT2D eigenvalue weighted by Gasteiger charge is 2.53. The highest BCUT2D eigenvalue weighted by atomic mass is 16.3. The predicted molar refractivity (Wildman–Crippen MR) is 532 cm³/mol. The molecule has 0 bridgehead atoms. The molecule has 5 fully saturated rings. The Morgan fingerprint density at radius 1 is 0.503 bits per heavy atom. The second-order valence-corrected chi connectivity index (χ2v) is 40.8. The molecule has 5 aliphatic rings. The maximum atomic E-state index is 15.5. The molecule has 31 N–H and O–H groups in total. The summed E-state index contributed by atoms with van der Waals surface area (Å²) < 4.78 is 0. The van der Waals surface area contributed by atoms with Crippen LogP contribution in [0.15, 0.2) is 53.5 Å². The lowest BCUT2D eigenvalue weighted by Crippen LogP contribution is -2.64. The molecular weight excluding hydrogens is 1920 g/mol. The average molecular weight is 2080 g/mol. The number of benzene rings is 2. The molecule has 0 spiro atoms. The second-order valence-electron chi connectivity index (χ2n) is 40.8. The number of hydrogen-bond donors (Lipinski definition) is 28. The van der Waals surface area contributed by atoms with Gasteiger partial charge in [-0.2, -0.15) is 0 Å². The molecular formula is C100H163N17O30. The van der Waals surface area contributed by atoms with Gasteiger partial charge < -0.3 is 166 Å². The number of aromatic hydroxyl groups is 2. The SMILES string of the molecule is CC[C@H](C)C[C@H](C)CCCCCCCCC(=O)N[C@H]1C[C@@H](O)[C@@H](N)NC(=O)[C@@H]2[C@@H](O)CCN2C(=O)[C@H]([C@H](O)CCN=C[C@H](O)C[C@@H](NC(=O)CCCCCCCC[C@@H](C)C[C@@H](C)CC)C(=O)N[C@H](C(=O)N2C[C@H](O)C[C@H]2C(=O)N[C@H](C(=O)N[C@H](C(=O)N2CC[C@H](O)[C@H]2C(N)=O)[C@H](O)CCN)[C@H](O)[C@@H](O)c2ccc(O)cc2)[C@@H](C)O)NC(=O)[C@H]([C@H](O)[C@@H](O)c2ccc(O)cc2)NC(=O)[C@@H]2C[C@@H](O)CN2C(=O)[C@H]([C@@H](C)O)NC1=O. The molecule has 0 saturated carbocycles. The van der Waals surface area contributed by atoms with Crippen molar-refractivity contribution < 1.29 is 149 Å². The van der Waals surface area contributed by atoms with E-state index in [1.54, 1.807) is 0 Å². The molecule has 0 unspecified atom stereocenters. The molecule has 147 heavy (non-hydrogen) atoms. The van der Waals surface area contributed by atoms with Gasteiger partial charge in [0.25, 0.3) is 0 Å². The number of nitrogens with zero attached hydrogens (tertiary/aromatic N) is 5. The van der Waals surface area contributed by atoms with E-state index in [2.05, 4.69) is 94.4 Å². The number of unbranched alkanes of at least 4 members (excludes halogenated alkanes) is 10. The summed E-state index contributed by atoms with van der Waals surface area (Å²) in [5.41, 5.74) is 17.4. The Labute approximate surface area is 856 Å². The van der Waals surface area contributed by atoms with Gasteiger partial charge in [0.1, 0.15) is 115 Å². The van der Waals surface area contributed by atoms with Crippen molar-refractivity contribution in [3.8, 4) is 11.5 Å². The number of aliphatic hydroxyl groups is 14. The molecule has 2 aromatic rings. The van der Waals surface area contributed by atoms with Crippen molar-refractivity contribution in [1.29, 1.82) is 0 Å². The smallest absolute Gasteiger partial charge is 0.248 e. The van der Waals surface area contributed by atoms with Crippen LogP contribution in [0.3, 0.4) is 0 Å². The molecule has 31 atom stereocenters. The first kappa shape index (κ1) is 124. The summed E-state index contributed by atoms with van der Waals surface area (Å²) in [6.07, 6.45) is -17.9. The highest BCUT2D eigenvalue weighted by molar-refractivity contribution is 6.01. The Hall–Kier alpha value is -10.3. The lowest BCUT2D eigenvalue weighted by atomic mass is 9.91. The monoisotopic (exact) mass is 2080 g/mol. The Bertz CT molecular complexity index is 4610. The lowest BCUT2D eigenvalue weighted by Gasteiger charge is -2.34. The van der Waals surface area contributed by atoms with Crippen LogP contribution in [-0.2, 0) is 67.1 Å². The fraction of sp³-hybridized carbons (Fsp3) is 0.730. The maximum Gasteiger partial charge on any atom is 0.248 e. The third-order valence-electron chi connectivity index (χ3n) is 28.5. The fourth-order valence-corrected chi connectivity index (χ4v) is 19.5. The molecule has 7 rings (SSSR count). The molecule has 47 nitrogen and oxygen atoms in total. The van der Waals surface area contributed by atoms with Crippen LogP contribution >= 0.6 is 0 Å². The Morgan fingerprint density at radius 2 is 1.02 bits per heavy atom. The van der Waals surface area contributed by atoms with Crippen molar-refractivity contribution in [2.45, 2.75) is 399 Å². The molecule has 828 valence electrons. The largest absolute Gasteiger partial charge is 0.508 e. The summed E-state index contributed by atoms with van der Waals surface area (Å²) in [5.74, 6) is -15.6. The lowest BCUT2D eigenvalue weighted by molar-refractivity contribution is -0.148. The van der Waals surface area contributed by atoms with E-state index in [9.17, 15) is 134 Å². The number of primary amides is 1. The van der Waals surface area contributed by atoms with Crippen molar-refractivity contribution >= 4 is 88.9 Å². The summed E-state index contributed by atoms with van der Waals surface area (Å²) in [7, 11) is 0. The van der Waals surface area contributed by atoms with Gasteiger partial charge >= 0.3 is 0 Å². The highest BCUT2D eigenvalue weighted by Crippen LogP contribution is 2.32. The zero-order valence-electron chi connectivity index (χ0n) is 85.5. The topological polar surface area (TPSA) is 774 Å². The van der Waals surface area contributed by atoms with E-state index in [-0.39, 0.29) is 55.0 Å². The number of aliphatic imine (C=N–C) groups is 1. The molecule has 2 aromatic carbocycles. The van der Waals surface area contributed by atoms with Crippen LogP contribution in [0.5, 0.6) is 11.5 Å². The van der Waals surface area contributed by atoms with Crippen molar-refractivity contribution in [3.05, 3.63) is 59.7 Å². The standard InChI is InChI=1S/C100H163N17O30/c1-9-52(3)43-54(5)23-19-15-11-13-17-21-25-74(130)105-65(90(137)107-76(56(7)118)97(144)116-50-63(123)46-67(116)92(139)111-80(86(134)84(132)58-27-31-60(120)32-28-58)94(141)109-78(69(125)35-39-101)99(146)114-41-37-71(127)82(114)89(103)136)45-62(122)49-104-40-36-70(126)79-100(147)115-42-38-72(128)83(115)96(143)113-88(102)73(129)48-66(106-75(131)26-22-18-14-12-16-20-24-55(6)44-53(4)10-2)91(138)108-77(57(8)119)98(145)117-51-64(124)47-68(117)93(140)112-81(95(142)110-79)87(135)85(133)59-29-33-61(121)34-30-59/h27-34,49,52-57,62-73,76-88,118-129,132-135H,9-26,35-48,50-51,101-102H2,1-8H3,(H2,103,136)(H,105,130)(H,106,131)(H,107,137)(H,108,138)(H,109,141)(H,110,142)(H,111,139)(H,112,140)(H,113,143)/t52-,53-,54+,55+,56+,57+,62+,63+,64+,65+,66-,67-,68-,69+,70+,71-,72-,73+,76-,77-,78-,79-,80-,81-,82-,83-,84-,85-,86-,87-,88-/m0/s1. The van der Waals surface area contributed by atoms with Crippen LogP contribution in [-0.4, -0.2) is 381 Å². The zero-order valence-corrected chi connectivity index (χ0v) is 85.5. The van der Waals surface area contributed by atoms with Crippen LogP contribution in [0.1, 0.15) is 259 Å². The third-order valence-corrected chi connectivity index (χ3v) is 28.5. The van der Waals surface area contributed by atoms with Gasteiger partial charge in [0.2, 0.25) is 82.7 Å². The van der Waals surface area contributed by atoms with Crippen LogP contribution in [0.2, 0.25) is 0 Å². The normalized spacial score (nSPS) is 26.0. The number of likely N-dealkylation sites (tertiary alicyclic amines) is 2. The summed E-state index contributed by atoms with van der Waals surface area (Å²) in [5, 5.41) is 204. The number of fused-ring (bicyclic) bond motifs is 2. The first-order valence-electron chi connectivity index (χ1n) is 51.8. The average Bonchev–Trinajstić information content (AvgIpc) is 1.71. The summed E-state index contributed by atoms with van der Waals surface area (Å²) in [6.45, 7) is 12.1. The fourth-order valence-electron chi connectivity index (χ4n) is 19.5. The van der Waals surface area contributed by atoms with E-state index >= 15 is 14.4 Å². The van der Waals surface area contributed by atoms with Gasteiger partial charge in [-0.05, 0) is 131 Å². The number of phenolic OH excluding ortho intramolecular Hbond substituents is 2. The number of amides is 14. The van der Waals surface area contributed by atoms with Gasteiger partial charge in [-0.3, -0.25) is 72.1 Å². The molecule has 0 radical (unpaired) electrons. The van der Waals surface area contributed by atoms with E-state index in [1.165, 1.54) is 0 Å². The molecule has 47 heteroatoms. The van der Waals surface area contributed by atoms with Crippen LogP contribution in [0.4, 0.5) is 0 Å². The van der Waals surface area contributed by atoms with Gasteiger partial charge in [-0.1, -0.05) is 156 Å². The predicted octanol–water partition coefficient (Wildman–Crippen LogP) is -4.61. The number of carbonyl (C=O) groups is 14. The van der Waals surface area contributed by atoms with E-state index in [0.29, 0.717) is 59.2 Å². The summed E-state index contributed by atoms with van der Waals surface area (Å²) in [6, 6.07) is -15.7. The Kier molecular flexibility index (Phi) is 50.8. The Balaban J connectivity index is 1.18. The van der Waals surface area contributed by atoms with Gasteiger partial charge in [-0.25, -0.2) is 0 Å². The number of hydrogen-bond acceptors (Lipinski definition) is 33. The van der Waals surface area contributed by atoms with Gasteiger partial charge in [-0.15, -0.1) is 0 Å². The number of nitrogens with two attached hydrogens (primary N) is 3. The van der Waals surface area contributed by atoms with Crippen molar-refractivity contribution in [2.75, 3.05) is 39.3 Å². The quantitative estimate of drug-likeness (QED) is 0.0219. The molecule has 0 aliphatic carbocycles. The maximum absolute atomic E-state index is 15.5. The first-order valence-corrected chi connectivity index (χ1v) is 51.8. The van der Waals surface area contributed by atoms with Gasteiger partial charge in [0.15, 0.2) is 0 Å². The van der Waals surface area contributed by atoms with Crippen LogP contribution in [0.25, 0.3) is 0 Å². The van der Waals surface area contributed by atoms with E-state index in [0.717, 1.165) is 168 Å². The first-order chi connectivity index (χ1) is 69.5.